The van der Waals surface area contributed by atoms with Gasteiger partial charge in [0.2, 0.25) is 5.95 Å². The lowest BCUT2D eigenvalue weighted by Crippen LogP contribution is -2.13. The van der Waals surface area contributed by atoms with Crippen molar-refractivity contribution in [2.75, 3.05) is 25.1 Å². The van der Waals surface area contributed by atoms with Gasteiger partial charge in [0.25, 0.3) is 0 Å². The smallest absolute Gasteiger partial charge is 0.330 e. The zero-order chi connectivity index (χ0) is 16.3. The minimum absolute atomic E-state index is 0.241. The van der Waals surface area contributed by atoms with E-state index in [4.69, 9.17) is 9.47 Å². The van der Waals surface area contributed by atoms with Crippen LogP contribution < -0.4 is 10.1 Å². The quantitative estimate of drug-likeness (QED) is 0.459. The first-order chi connectivity index (χ1) is 11.3. The Bertz CT molecular complexity index is 627. The van der Waals surface area contributed by atoms with Gasteiger partial charge in [-0.1, -0.05) is 12.1 Å². The summed E-state index contributed by atoms with van der Waals surface area (Å²) >= 11 is 0. The molecule has 0 aliphatic heterocycles. The number of esters is 1. The highest BCUT2D eigenvalue weighted by atomic mass is 16.5. The molecule has 1 aromatic carbocycles. The molecule has 1 aromatic heterocycles. The fourth-order valence-electron chi connectivity index (χ4n) is 1.76. The summed E-state index contributed by atoms with van der Waals surface area (Å²) in [5, 5.41) is 2.95. The maximum absolute atomic E-state index is 11.6. The van der Waals surface area contributed by atoms with Gasteiger partial charge in [-0.25, -0.2) is 14.8 Å². The monoisotopic (exact) mass is 313 g/mol. The summed E-state index contributed by atoms with van der Waals surface area (Å²) in [5.41, 5.74) is 0.904. The van der Waals surface area contributed by atoms with Crippen molar-refractivity contribution in [2.24, 2.45) is 0 Å². The van der Waals surface area contributed by atoms with Crippen LogP contribution in [0.1, 0.15) is 12.5 Å². The van der Waals surface area contributed by atoms with Crippen LogP contribution in [0.3, 0.4) is 0 Å². The Morgan fingerprint density at radius 2 is 1.96 bits per heavy atom. The van der Waals surface area contributed by atoms with Gasteiger partial charge in [0.1, 0.15) is 12.4 Å². The molecule has 0 spiro atoms. The zero-order valence-electron chi connectivity index (χ0n) is 12.9. The summed E-state index contributed by atoms with van der Waals surface area (Å²) in [6, 6.07) is 9.21. The molecule has 0 aliphatic carbocycles. The normalized spacial score (nSPS) is 10.5. The van der Waals surface area contributed by atoms with Crippen LogP contribution in [-0.4, -0.2) is 35.7 Å². The van der Waals surface area contributed by atoms with Crippen LogP contribution >= 0.6 is 0 Å². The summed E-state index contributed by atoms with van der Waals surface area (Å²) < 4.78 is 10.4. The molecule has 6 nitrogen and oxygen atoms in total. The lowest BCUT2D eigenvalue weighted by Gasteiger charge is -2.04. The number of hydrogen-bond acceptors (Lipinski definition) is 6. The van der Waals surface area contributed by atoms with Crippen molar-refractivity contribution in [3.8, 4) is 5.75 Å². The molecule has 0 aliphatic rings. The molecule has 23 heavy (non-hydrogen) atoms. The fourth-order valence-corrected chi connectivity index (χ4v) is 1.76. The van der Waals surface area contributed by atoms with E-state index >= 15 is 0 Å². The summed E-state index contributed by atoms with van der Waals surface area (Å²) in [7, 11) is 0. The van der Waals surface area contributed by atoms with E-state index in [-0.39, 0.29) is 6.61 Å². The third-order valence-corrected chi connectivity index (χ3v) is 2.80. The van der Waals surface area contributed by atoms with Gasteiger partial charge in [0.05, 0.1) is 13.2 Å². The van der Waals surface area contributed by atoms with E-state index in [0.29, 0.717) is 19.1 Å². The average Bonchev–Trinajstić information content (AvgIpc) is 2.59. The highest BCUT2D eigenvalue weighted by Crippen LogP contribution is 2.13. The van der Waals surface area contributed by atoms with Crippen LogP contribution in [0.5, 0.6) is 5.75 Å². The van der Waals surface area contributed by atoms with Gasteiger partial charge >= 0.3 is 5.97 Å². The second-order valence-corrected chi connectivity index (χ2v) is 4.50. The summed E-state index contributed by atoms with van der Waals surface area (Å²) in [5.74, 6) is 0.921. The average molecular weight is 313 g/mol. The van der Waals surface area contributed by atoms with Crippen LogP contribution in [0, 0.1) is 0 Å². The lowest BCUT2D eigenvalue weighted by atomic mass is 10.2. The van der Waals surface area contributed by atoms with Crippen molar-refractivity contribution < 1.29 is 14.3 Å². The van der Waals surface area contributed by atoms with Crippen LogP contribution in [0.15, 0.2) is 48.8 Å². The molecule has 0 unspecified atom stereocenters. The third-order valence-electron chi connectivity index (χ3n) is 2.80. The molecule has 2 rings (SSSR count). The Labute approximate surface area is 135 Å². The molecule has 0 saturated carbocycles. The lowest BCUT2D eigenvalue weighted by molar-refractivity contribution is -0.137. The molecular formula is C17H19N3O3. The summed E-state index contributed by atoms with van der Waals surface area (Å²) in [6.07, 6.45) is 6.38. The van der Waals surface area contributed by atoms with E-state index in [9.17, 15) is 4.79 Å². The first-order valence-corrected chi connectivity index (χ1v) is 7.36. The second-order valence-electron chi connectivity index (χ2n) is 4.50. The number of hydrogen-bond donors (Lipinski definition) is 1. The predicted molar refractivity (Wildman–Crippen MR) is 88.1 cm³/mol. The van der Waals surface area contributed by atoms with Gasteiger partial charge in [-0.2, -0.15) is 0 Å². The number of ether oxygens (including phenoxy) is 2. The molecule has 2 aromatic rings. The number of carbonyl (C=O) groups excluding carboxylic acids is 1. The number of benzene rings is 1. The molecule has 120 valence electrons. The van der Waals surface area contributed by atoms with E-state index in [1.54, 1.807) is 24.5 Å². The highest BCUT2D eigenvalue weighted by Gasteiger charge is 1.98. The van der Waals surface area contributed by atoms with Crippen molar-refractivity contribution in [1.29, 1.82) is 0 Å². The van der Waals surface area contributed by atoms with E-state index in [1.807, 2.05) is 31.2 Å². The molecule has 0 radical (unpaired) electrons. The largest absolute Gasteiger partial charge is 0.494 e. The van der Waals surface area contributed by atoms with Crippen molar-refractivity contribution in [1.82, 2.24) is 9.97 Å². The SMILES string of the molecule is CCOc1ccc(/C=C\C(=O)OCCNc2ncccn2)cc1. The summed E-state index contributed by atoms with van der Waals surface area (Å²) in [4.78, 5) is 19.6. The Balaban J connectivity index is 1.69. The van der Waals surface area contributed by atoms with Crippen LogP contribution in [0.25, 0.3) is 6.08 Å². The van der Waals surface area contributed by atoms with Crippen molar-refractivity contribution in [3.05, 3.63) is 54.4 Å². The van der Waals surface area contributed by atoms with Gasteiger partial charge in [0, 0.05) is 18.5 Å². The number of nitrogens with zero attached hydrogens (tertiary/aromatic N) is 2. The second kappa shape index (κ2) is 9.19. The van der Waals surface area contributed by atoms with Crippen LogP contribution in [0.4, 0.5) is 5.95 Å². The van der Waals surface area contributed by atoms with Crippen molar-refractivity contribution >= 4 is 18.0 Å². The van der Waals surface area contributed by atoms with Gasteiger partial charge in [0.15, 0.2) is 0 Å². The molecule has 1 heterocycles. The van der Waals surface area contributed by atoms with E-state index < -0.39 is 5.97 Å². The molecule has 0 saturated heterocycles. The number of rotatable bonds is 8. The van der Waals surface area contributed by atoms with Gasteiger partial charge in [-0.3, -0.25) is 0 Å². The first-order valence-electron chi connectivity index (χ1n) is 7.36. The molecule has 6 heteroatoms. The van der Waals surface area contributed by atoms with E-state index in [2.05, 4.69) is 15.3 Å². The maximum atomic E-state index is 11.6. The molecule has 0 bridgehead atoms. The van der Waals surface area contributed by atoms with Gasteiger partial charge in [-0.05, 0) is 36.8 Å². The molecule has 1 N–H and O–H groups in total. The predicted octanol–water partition coefficient (Wildman–Crippen LogP) is 2.54. The highest BCUT2D eigenvalue weighted by molar-refractivity contribution is 5.87. The topological polar surface area (TPSA) is 73.3 Å². The Morgan fingerprint density at radius 1 is 1.22 bits per heavy atom. The van der Waals surface area contributed by atoms with Crippen LogP contribution in [0.2, 0.25) is 0 Å². The number of nitrogens with one attached hydrogen (secondary N) is 1. The minimum Gasteiger partial charge on any atom is -0.494 e. The number of carbonyl (C=O) groups is 1. The van der Waals surface area contributed by atoms with Crippen LogP contribution in [-0.2, 0) is 9.53 Å². The maximum Gasteiger partial charge on any atom is 0.330 e. The van der Waals surface area contributed by atoms with Gasteiger partial charge < -0.3 is 14.8 Å². The Hall–Kier alpha value is -2.89. The molecule has 0 fully saturated rings. The molecule has 0 amide bonds. The fraction of sp³-hybridized carbons (Fsp3) is 0.235. The number of aromatic nitrogens is 2. The van der Waals surface area contributed by atoms with Gasteiger partial charge in [-0.15, -0.1) is 0 Å². The van der Waals surface area contributed by atoms with E-state index in [0.717, 1.165) is 11.3 Å². The standard InChI is InChI=1S/C17H19N3O3/c1-2-22-15-7-4-14(5-8-15)6-9-16(21)23-13-12-20-17-18-10-3-11-19-17/h3-11H,2,12-13H2,1H3,(H,18,19,20)/b9-6-. The molecule has 0 atom stereocenters. The Kier molecular flexibility index (Phi) is 6.59. The minimum atomic E-state index is -0.394. The Morgan fingerprint density at radius 3 is 2.65 bits per heavy atom. The van der Waals surface area contributed by atoms with E-state index in [1.165, 1.54) is 6.08 Å². The first kappa shape index (κ1) is 16.5. The van der Waals surface area contributed by atoms with Crippen molar-refractivity contribution in [2.45, 2.75) is 6.92 Å². The molecular weight excluding hydrogens is 294 g/mol. The van der Waals surface area contributed by atoms with Crippen molar-refractivity contribution in [3.63, 3.8) is 0 Å². The third kappa shape index (κ3) is 6.17. The zero-order valence-corrected chi connectivity index (χ0v) is 12.9. The number of anilines is 1. The summed E-state index contributed by atoms with van der Waals surface area (Å²) in [6.45, 7) is 3.25.